The minimum Gasteiger partial charge on any atom is -0.467 e. The fraction of sp³-hybridized carbons (Fsp3) is 0.296. The van der Waals surface area contributed by atoms with Crippen molar-refractivity contribution in [2.75, 3.05) is 11.4 Å². The molecule has 4 aromatic rings. The third-order valence-electron chi connectivity index (χ3n) is 5.87. The highest BCUT2D eigenvalue weighted by molar-refractivity contribution is 6.02. The third-order valence-corrected chi connectivity index (χ3v) is 5.87. The number of ketones is 1. The summed E-state index contributed by atoms with van der Waals surface area (Å²) in [6.07, 6.45) is 2.26. The lowest BCUT2D eigenvalue weighted by Crippen LogP contribution is -2.45. The topological polar surface area (TPSA) is 110 Å². The van der Waals surface area contributed by atoms with Crippen LogP contribution in [0.5, 0.6) is 0 Å². The predicted molar refractivity (Wildman–Crippen MR) is 135 cm³/mol. The Morgan fingerprint density at radius 2 is 1.78 bits per heavy atom. The maximum Gasteiger partial charge on any atom is 0.251 e. The van der Waals surface area contributed by atoms with E-state index in [0.29, 0.717) is 40.5 Å². The Morgan fingerprint density at radius 3 is 2.44 bits per heavy atom. The zero-order valence-electron chi connectivity index (χ0n) is 20.5. The first kappa shape index (κ1) is 24.8. The lowest BCUT2D eigenvalue weighted by Gasteiger charge is -2.30. The number of nitrogens with zero attached hydrogens (tertiary/aromatic N) is 4. The van der Waals surface area contributed by atoms with Crippen LogP contribution in [0.3, 0.4) is 0 Å². The van der Waals surface area contributed by atoms with E-state index in [9.17, 15) is 14.4 Å². The van der Waals surface area contributed by atoms with Gasteiger partial charge in [-0.2, -0.15) is 0 Å². The van der Waals surface area contributed by atoms with Gasteiger partial charge in [0.1, 0.15) is 17.8 Å². The number of amides is 2. The van der Waals surface area contributed by atoms with Crippen LogP contribution in [0.15, 0.2) is 71.3 Å². The monoisotopic (exact) mass is 487 g/mol. The Labute approximate surface area is 209 Å². The van der Waals surface area contributed by atoms with Gasteiger partial charge in [-0.25, -0.2) is 4.68 Å². The Hall–Kier alpha value is -4.27. The third kappa shape index (κ3) is 5.51. The number of furan rings is 1. The van der Waals surface area contributed by atoms with Crippen molar-refractivity contribution in [1.82, 2.24) is 20.3 Å². The van der Waals surface area contributed by atoms with Crippen molar-refractivity contribution in [2.24, 2.45) is 5.92 Å². The first-order valence-electron chi connectivity index (χ1n) is 11.9. The van der Waals surface area contributed by atoms with Crippen LogP contribution in [0.25, 0.3) is 11.0 Å². The summed E-state index contributed by atoms with van der Waals surface area (Å²) in [5, 5.41) is 11.2. The van der Waals surface area contributed by atoms with E-state index < -0.39 is 6.04 Å². The first-order chi connectivity index (χ1) is 17.3. The maximum atomic E-state index is 13.8. The summed E-state index contributed by atoms with van der Waals surface area (Å²) in [6, 6.07) is 16.2. The van der Waals surface area contributed by atoms with Gasteiger partial charge in [0.25, 0.3) is 5.91 Å². The number of hydrogen-bond acceptors (Lipinski definition) is 6. The van der Waals surface area contributed by atoms with Crippen LogP contribution in [0, 0.1) is 5.92 Å². The van der Waals surface area contributed by atoms with Crippen molar-refractivity contribution < 1.29 is 18.8 Å². The van der Waals surface area contributed by atoms with Crippen molar-refractivity contribution in [3.63, 3.8) is 0 Å². The minimum absolute atomic E-state index is 0.0949. The maximum absolute atomic E-state index is 13.8. The van der Waals surface area contributed by atoms with Gasteiger partial charge in [0.2, 0.25) is 5.91 Å². The molecule has 0 bridgehead atoms. The Kier molecular flexibility index (Phi) is 7.58. The molecular weight excluding hydrogens is 458 g/mol. The van der Waals surface area contributed by atoms with Crippen molar-refractivity contribution in [1.29, 1.82) is 0 Å². The van der Waals surface area contributed by atoms with Crippen molar-refractivity contribution in [3.8, 4) is 0 Å². The standard InChI is InChI=1S/C27H29N5O4/c1-18(2)14-15-28-27(35)26(24-9-6-16-36-24)32(21-12-10-20(11-13-21)19(3)33)25(34)17-31-23-8-5-4-7-22(23)29-30-31/h4-13,16,18,26H,14-15,17H2,1-3H3,(H,28,35)/t26-/m0/s1. The van der Waals surface area contributed by atoms with Crippen LogP contribution in [0.1, 0.15) is 49.4 Å². The molecule has 4 rings (SSSR count). The number of fused-ring (bicyclic) bond motifs is 1. The molecule has 2 amide bonds. The summed E-state index contributed by atoms with van der Waals surface area (Å²) in [5.74, 6) is -0.114. The smallest absolute Gasteiger partial charge is 0.251 e. The molecule has 0 aliphatic rings. The van der Waals surface area contributed by atoms with Gasteiger partial charge in [-0.15, -0.1) is 5.10 Å². The van der Waals surface area contributed by atoms with Crippen molar-refractivity contribution in [3.05, 3.63) is 78.3 Å². The molecule has 0 saturated carbocycles. The van der Waals surface area contributed by atoms with E-state index in [1.165, 1.54) is 22.8 Å². The van der Waals surface area contributed by atoms with Gasteiger partial charge in [0.15, 0.2) is 11.8 Å². The van der Waals surface area contributed by atoms with Crippen LogP contribution in [-0.4, -0.2) is 39.1 Å². The predicted octanol–water partition coefficient (Wildman–Crippen LogP) is 4.16. The van der Waals surface area contributed by atoms with Gasteiger partial charge >= 0.3 is 0 Å². The van der Waals surface area contributed by atoms with E-state index in [1.807, 2.05) is 24.3 Å². The zero-order chi connectivity index (χ0) is 25.7. The van der Waals surface area contributed by atoms with E-state index in [4.69, 9.17) is 4.42 Å². The normalized spacial score (nSPS) is 12.0. The van der Waals surface area contributed by atoms with E-state index in [-0.39, 0.29) is 24.1 Å². The number of nitrogens with one attached hydrogen (secondary N) is 1. The van der Waals surface area contributed by atoms with Crippen LogP contribution in [-0.2, 0) is 16.1 Å². The number of rotatable bonds is 10. The second-order valence-electron chi connectivity index (χ2n) is 8.99. The van der Waals surface area contributed by atoms with Gasteiger partial charge in [-0.1, -0.05) is 31.2 Å². The van der Waals surface area contributed by atoms with Crippen LogP contribution in [0.2, 0.25) is 0 Å². The van der Waals surface area contributed by atoms with Gasteiger partial charge in [0, 0.05) is 17.8 Å². The summed E-state index contributed by atoms with van der Waals surface area (Å²) in [7, 11) is 0. The Balaban J connectivity index is 1.73. The molecule has 9 nitrogen and oxygen atoms in total. The lowest BCUT2D eigenvalue weighted by atomic mass is 10.1. The highest BCUT2D eigenvalue weighted by Crippen LogP contribution is 2.29. The van der Waals surface area contributed by atoms with Gasteiger partial charge in [0.05, 0.1) is 11.8 Å². The highest BCUT2D eigenvalue weighted by Gasteiger charge is 2.35. The molecule has 1 N–H and O–H groups in total. The zero-order valence-corrected chi connectivity index (χ0v) is 20.5. The number of carbonyl (C=O) groups is 3. The Bertz CT molecular complexity index is 1340. The second kappa shape index (κ2) is 11.0. The summed E-state index contributed by atoms with van der Waals surface area (Å²) >= 11 is 0. The van der Waals surface area contributed by atoms with Gasteiger partial charge in [-0.3, -0.25) is 19.3 Å². The van der Waals surface area contributed by atoms with E-state index >= 15 is 0 Å². The summed E-state index contributed by atoms with van der Waals surface area (Å²) in [4.78, 5) is 40.5. The number of anilines is 1. The molecule has 0 aliphatic heterocycles. The summed E-state index contributed by atoms with van der Waals surface area (Å²) in [5.41, 5.74) is 2.32. The number of hydrogen-bond donors (Lipinski definition) is 1. The average molecular weight is 488 g/mol. The summed E-state index contributed by atoms with van der Waals surface area (Å²) in [6.45, 7) is 5.94. The van der Waals surface area contributed by atoms with Crippen LogP contribution in [0.4, 0.5) is 5.69 Å². The molecule has 0 aliphatic carbocycles. The molecule has 2 aromatic carbocycles. The molecule has 1 atom stereocenters. The quantitative estimate of drug-likeness (QED) is 0.336. The fourth-order valence-corrected chi connectivity index (χ4v) is 3.93. The largest absolute Gasteiger partial charge is 0.467 e. The molecule has 2 aromatic heterocycles. The molecule has 186 valence electrons. The molecule has 0 spiro atoms. The van der Waals surface area contributed by atoms with Crippen LogP contribution < -0.4 is 10.2 Å². The fourth-order valence-electron chi connectivity index (χ4n) is 3.93. The number of para-hydroxylation sites is 1. The molecule has 0 radical (unpaired) electrons. The Morgan fingerprint density at radius 1 is 1.03 bits per heavy atom. The minimum atomic E-state index is -1.06. The molecule has 0 unspecified atom stereocenters. The van der Waals surface area contributed by atoms with Crippen LogP contribution >= 0.6 is 0 Å². The van der Waals surface area contributed by atoms with Gasteiger partial charge in [-0.05, 0) is 67.8 Å². The molecule has 2 heterocycles. The number of Topliss-reactive ketones (excluding diaryl/α,β-unsaturated/α-hetero) is 1. The molecule has 36 heavy (non-hydrogen) atoms. The first-order valence-corrected chi connectivity index (χ1v) is 11.9. The van der Waals surface area contributed by atoms with Crippen molar-refractivity contribution in [2.45, 2.75) is 39.8 Å². The number of benzene rings is 2. The molecule has 0 saturated heterocycles. The van der Waals surface area contributed by atoms with E-state index in [2.05, 4.69) is 29.5 Å². The number of aromatic nitrogens is 3. The van der Waals surface area contributed by atoms with Crippen molar-refractivity contribution >= 4 is 34.3 Å². The number of carbonyl (C=O) groups excluding carboxylic acids is 3. The van der Waals surface area contributed by atoms with E-state index in [1.54, 1.807) is 36.4 Å². The molecule has 0 fully saturated rings. The second-order valence-corrected chi connectivity index (χ2v) is 8.99. The summed E-state index contributed by atoms with van der Waals surface area (Å²) < 4.78 is 7.13. The SMILES string of the molecule is CC(=O)c1ccc(N(C(=O)Cn2nnc3ccccc32)[C@H](C(=O)NCCC(C)C)c2ccco2)cc1. The van der Waals surface area contributed by atoms with E-state index in [0.717, 1.165) is 6.42 Å². The van der Waals surface area contributed by atoms with Gasteiger partial charge < -0.3 is 9.73 Å². The average Bonchev–Trinajstić information content (AvgIpc) is 3.53. The molecular formula is C27H29N5O4. The highest BCUT2D eigenvalue weighted by atomic mass is 16.3. The lowest BCUT2D eigenvalue weighted by molar-refractivity contribution is -0.127. The molecule has 9 heteroatoms.